The topological polar surface area (TPSA) is 94.8 Å². The molecular weight excluding hydrogens is 362 g/mol. The monoisotopic (exact) mass is 381 g/mol. The molecule has 0 fully saturated rings. The van der Waals surface area contributed by atoms with Crippen molar-refractivity contribution in [1.29, 1.82) is 0 Å². The zero-order valence-corrected chi connectivity index (χ0v) is 15.5. The molecule has 0 atom stereocenters. The van der Waals surface area contributed by atoms with Gasteiger partial charge < -0.3 is 19.2 Å². The fraction of sp³-hybridized carbons (Fsp3) is 0.190. The number of esters is 2. The number of rotatable bonds is 6. The van der Waals surface area contributed by atoms with Crippen LogP contribution >= 0.6 is 0 Å². The lowest BCUT2D eigenvalue weighted by atomic mass is 10.1. The Labute approximate surface area is 160 Å². The van der Waals surface area contributed by atoms with Crippen molar-refractivity contribution in [1.82, 2.24) is 0 Å². The highest BCUT2D eigenvalue weighted by Gasteiger charge is 2.21. The zero-order valence-electron chi connectivity index (χ0n) is 15.5. The Bertz CT molecular complexity index is 1110. The van der Waals surface area contributed by atoms with Crippen LogP contribution in [0, 0.1) is 0 Å². The van der Waals surface area contributed by atoms with Crippen molar-refractivity contribution in [2.75, 3.05) is 18.5 Å². The van der Waals surface area contributed by atoms with Crippen LogP contribution in [-0.4, -0.2) is 25.2 Å². The van der Waals surface area contributed by atoms with E-state index in [4.69, 9.17) is 13.9 Å². The van der Waals surface area contributed by atoms with E-state index >= 15 is 0 Å². The molecule has 0 aliphatic rings. The predicted octanol–water partition coefficient (Wildman–Crippen LogP) is 3.37. The van der Waals surface area contributed by atoms with Gasteiger partial charge in [0.1, 0.15) is 11.3 Å². The second-order valence-electron chi connectivity index (χ2n) is 5.80. The van der Waals surface area contributed by atoms with E-state index in [-0.39, 0.29) is 24.5 Å². The predicted molar refractivity (Wildman–Crippen MR) is 105 cm³/mol. The molecule has 3 aromatic rings. The third-order valence-corrected chi connectivity index (χ3v) is 3.99. The van der Waals surface area contributed by atoms with E-state index in [1.165, 1.54) is 0 Å². The summed E-state index contributed by atoms with van der Waals surface area (Å²) < 4.78 is 15.2. The molecule has 144 valence electrons. The SMILES string of the molecule is CCOC(=O)C(=CNc1cc2ccc3ccccc3c2oc1=O)C(=O)OCC. The lowest BCUT2D eigenvalue weighted by Crippen LogP contribution is -2.20. The molecule has 0 unspecified atom stereocenters. The van der Waals surface area contributed by atoms with E-state index in [1.807, 2.05) is 36.4 Å². The summed E-state index contributed by atoms with van der Waals surface area (Å²) in [5.74, 6) is -1.69. The van der Waals surface area contributed by atoms with Gasteiger partial charge in [-0.3, -0.25) is 0 Å². The first-order valence-corrected chi connectivity index (χ1v) is 8.81. The number of benzene rings is 2. The normalized spacial score (nSPS) is 10.5. The van der Waals surface area contributed by atoms with E-state index < -0.39 is 17.6 Å². The molecule has 2 aromatic carbocycles. The van der Waals surface area contributed by atoms with Gasteiger partial charge in [-0.15, -0.1) is 0 Å². The maximum atomic E-state index is 12.4. The summed E-state index contributed by atoms with van der Waals surface area (Å²) in [7, 11) is 0. The fourth-order valence-electron chi connectivity index (χ4n) is 2.72. The minimum atomic E-state index is -0.843. The smallest absolute Gasteiger partial charge is 0.360 e. The lowest BCUT2D eigenvalue weighted by molar-refractivity contribution is -0.146. The largest absolute Gasteiger partial charge is 0.462 e. The van der Waals surface area contributed by atoms with Gasteiger partial charge in [-0.25, -0.2) is 14.4 Å². The van der Waals surface area contributed by atoms with Crippen LogP contribution < -0.4 is 10.9 Å². The van der Waals surface area contributed by atoms with Crippen molar-refractivity contribution in [3.63, 3.8) is 0 Å². The molecule has 0 radical (unpaired) electrons. The molecule has 1 aromatic heterocycles. The van der Waals surface area contributed by atoms with Crippen LogP contribution in [0.15, 0.2) is 63.4 Å². The Morgan fingerprint density at radius 1 is 1.00 bits per heavy atom. The van der Waals surface area contributed by atoms with Crippen molar-refractivity contribution in [3.05, 3.63) is 64.7 Å². The van der Waals surface area contributed by atoms with Gasteiger partial charge >= 0.3 is 17.6 Å². The first-order chi connectivity index (χ1) is 13.5. The zero-order chi connectivity index (χ0) is 20.1. The molecule has 0 amide bonds. The van der Waals surface area contributed by atoms with Gasteiger partial charge in [-0.1, -0.05) is 36.4 Å². The Hall–Kier alpha value is -3.61. The number of nitrogens with one attached hydrogen (secondary N) is 1. The van der Waals surface area contributed by atoms with Gasteiger partial charge in [0, 0.05) is 17.0 Å². The van der Waals surface area contributed by atoms with E-state index in [0.717, 1.165) is 17.0 Å². The van der Waals surface area contributed by atoms with E-state index in [0.29, 0.717) is 11.0 Å². The Balaban J connectivity index is 2.00. The maximum absolute atomic E-state index is 12.4. The molecule has 0 spiro atoms. The van der Waals surface area contributed by atoms with Gasteiger partial charge in [0.05, 0.1) is 13.2 Å². The Morgan fingerprint density at radius 3 is 2.32 bits per heavy atom. The summed E-state index contributed by atoms with van der Waals surface area (Å²) >= 11 is 0. The lowest BCUT2D eigenvalue weighted by Gasteiger charge is -2.08. The average Bonchev–Trinajstić information content (AvgIpc) is 2.69. The maximum Gasteiger partial charge on any atom is 0.360 e. The molecule has 7 heteroatoms. The highest BCUT2D eigenvalue weighted by molar-refractivity contribution is 6.14. The van der Waals surface area contributed by atoms with Crippen LogP contribution in [0.2, 0.25) is 0 Å². The minimum absolute atomic E-state index is 0.0777. The van der Waals surface area contributed by atoms with Crippen LogP contribution in [0.1, 0.15) is 13.8 Å². The van der Waals surface area contributed by atoms with Gasteiger partial charge in [0.2, 0.25) is 0 Å². The third-order valence-electron chi connectivity index (χ3n) is 3.99. The standard InChI is InChI=1S/C21H19NO6/c1-3-26-19(23)16(20(24)27-4-2)12-22-17-11-14-10-9-13-7-5-6-8-15(13)18(14)28-21(17)25/h5-12,22H,3-4H2,1-2H3. The van der Waals surface area contributed by atoms with Crippen molar-refractivity contribution in [2.24, 2.45) is 0 Å². The number of fused-ring (bicyclic) bond motifs is 3. The first-order valence-electron chi connectivity index (χ1n) is 8.81. The van der Waals surface area contributed by atoms with Crippen molar-refractivity contribution in [3.8, 4) is 0 Å². The summed E-state index contributed by atoms with van der Waals surface area (Å²) in [6.45, 7) is 3.44. The van der Waals surface area contributed by atoms with Crippen LogP contribution in [0.5, 0.6) is 0 Å². The van der Waals surface area contributed by atoms with Crippen LogP contribution in [-0.2, 0) is 19.1 Å². The summed E-state index contributed by atoms with van der Waals surface area (Å²) in [6.07, 6.45) is 1.09. The van der Waals surface area contributed by atoms with Gasteiger partial charge in [-0.2, -0.15) is 0 Å². The number of carbonyl (C=O) groups is 2. The second kappa shape index (κ2) is 8.39. The summed E-state index contributed by atoms with van der Waals surface area (Å²) in [5, 5.41) is 5.13. The fourth-order valence-corrected chi connectivity index (χ4v) is 2.72. The molecule has 28 heavy (non-hydrogen) atoms. The number of ether oxygens (including phenoxy) is 2. The van der Waals surface area contributed by atoms with Crippen LogP contribution in [0.3, 0.4) is 0 Å². The van der Waals surface area contributed by atoms with E-state index in [2.05, 4.69) is 5.32 Å². The van der Waals surface area contributed by atoms with Crippen molar-refractivity contribution >= 4 is 39.4 Å². The quantitative estimate of drug-likeness (QED) is 0.175. The molecule has 0 aliphatic carbocycles. The summed E-state index contributed by atoms with van der Waals surface area (Å²) in [6, 6.07) is 12.9. The van der Waals surface area contributed by atoms with Crippen molar-refractivity contribution < 1.29 is 23.5 Å². The minimum Gasteiger partial charge on any atom is -0.462 e. The number of anilines is 1. The molecule has 7 nitrogen and oxygen atoms in total. The van der Waals surface area contributed by atoms with Gasteiger partial charge in [-0.05, 0) is 25.3 Å². The molecular formula is C21H19NO6. The Kier molecular flexibility index (Phi) is 5.74. The second-order valence-corrected chi connectivity index (χ2v) is 5.80. The molecule has 0 saturated carbocycles. The first kappa shape index (κ1) is 19.2. The molecule has 0 aliphatic heterocycles. The van der Waals surface area contributed by atoms with Crippen LogP contribution in [0.25, 0.3) is 21.7 Å². The number of hydrogen-bond donors (Lipinski definition) is 1. The molecule has 1 heterocycles. The summed E-state index contributed by atoms with van der Waals surface area (Å²) in [4.78, 5) is 36.4. The average molecular weight is 381 g/mol. The molecule has 0 saturated heterocycles. The summed E-state index contributed by atoms with van der Waals surface area (Å²) in [5.41, 5.74) is -0.434. The Morgan fingerprint density at radius 2 is 1.64 bits per heavy atom. The van der Waals surface area contributed by atoms with Crippen LogP contribution in [0.4, 0.5) is 5.69 Å². The number of carbonyl (C=O) groups excluding carboxylic acids is 2. The third kappa shape index (κ3) is 3.88. The number of hydrogen-bond acceptors (Lipinski definition) is 7. The molecule has 1 N–H and O–H groups in total. The van der Waals surface area contributed by atoms with Gasteiger partial charge in [0.15, 0.2) is 5.57 Å². The highest BCUT2D eigenvalue weighted by atomic mass is 16.6. The van der Waals surface area contributed by atoms with E-state index in [9.17, 15) is 14.4 Å². The molecule has 3 rings (SSSR count). The molecule has 0 bridgehead atoms. The van der Waals surface area contributed by atoms with E-state index in [1.54, 1.807) is 19.9 Å². The van der Waals surface area contributed by atoms with Gasteiger partial charge in [0.25, 0.3) is 0 Å². The van der Waals surface area contributed by atoms with Crippen molar-refractivity contribution in [2.45, 2.75) is 13.8 Å². The highest BCUT2D eigenvalue weighted by Crippen LogP contribution is 2.25.